The quantitative estimate of drug-likeness (QED) is 0.845. The molecule has 24 heavy (non-hydrogen) atoms. The molecule has 1 heterocycles. The van der Waals surface area contributed by atoms with Gasteiger partial charge in [0.1, 0.15) is 11.8 Å². The lowest BCUT2D eigenvalue weighted by Gasteiger charge is -2.24. The zero-order chi connectivity index (χ0) is 16.8. The van der Waals surface area contributed by atoms with Crippen LogP contribution in [0.2, 0.25) is 0 Å². The van der Waals surface area contributed by atoms with E-state index >= 15 is 0 Å². The highest BCUT2D eigenvalue weighted by Crippen LogP contribution is 2.36. The molecule has 0 spiro atoms. The predicted octanol–water partition coefficient (Wildman–Crippen LogP) is 3.69. The zero-order valence-corrected chi connectivity index (χ0v) is 13.8. The Bertz CT molecular complexity index is 657. The maximum Gasteiger partial charge on any atom is 0.162 e. The van der Waals surface area contributed by atoms with Crippen molar-refractivity contribution in [3.63, 3.8) is 0 Å². The second kappa shape index (κ2) is 8.08. The van der Waals surface area contributed by atoms with E-state index in [0.717, 1.165) is 23.3 Å². The Balaban J connectivity index is 1.96. The number of aliphatic hydroxyl groups is 1. The summed E-state index contributed by atoms with van der Waals surface area (Å²) in [4.78, 5) is 5.52. The largest absolute Gasteiger partial charge is 0.392 e. The summed E-state index contributed by atoms with van der Waals surface area (Å²) in [5.74, 6) is -0.113. The molecule has 2 aromatic rings. The van der Waals surface area contributed by atoms with Gasteiger partial charge in [-0.15, -0.1) is 0 Å². The fraction of sp³-hybridized carbons (Fsp3) is 0.350. The number of rotatable bonds is 7. The number of hydrogen-bond acceptors (Lipinski definition) is 4. The molecule has 126 valence electrons. The van der Waals surface area contributed by atoms with Crippen molar-refractivity contribution in [2.75, 3.05) is 13.2 Å². The number of ether oxygens (including phenoxy) is 1. The number of oxime groups is 1. The Morgan fingerprint density at radius 1 is 1.08 bits per heavy atom. The summed E-state index contributed by atoms with van der Waals surface area (Å²) in [6.45, 7) is 2.64. The number of hydrogen-bond donors (Lipinski definition) is 1. The highest BCUT2D eigenvalue weighted by atomic mass is 16.7. The maximum atomic E-state index is 9.70. The van der Waals surface area contributed by atoms with E-state index < -0.39 is 0 Å². The van der Waals surface area contributed by atoms with Crippen molar-refractivity contribution < 1.29 is 14.7 Å². The molecule has 3 rings (SSSR count). The normalized spacial score (nSPS) is 21.2. The molecule has 3 atom stereocenters. The molecule has 0 saturated carbocycles. The van der Waals surface area contributed by atoms with Crippen LogP contribution in [-0.2, 0) is 9.57 Å². The van der Waals surface area contributed by atoms with Crippen LogP contribution < -0.4 is 0 Å². The van der Waals surface area contributed by atoms with E-state index in [9.17, 15) is 5.11 Å². The van der Waals surface area contributed by atoms with Crippen molar-refractivity contribution in [3.8, 4) is 0 Å². The summed E-state index contributed by atoms with van der Waals surface area (Å²) >= 11 is 0. The van der Waals surface area contributed by atoms with Gasteiger partial charge in [0, 0.05) is 6.61 Å². The molecular weight excluding hydrogens is 302 g/mol. The third-order valence-electron chi connectivity index (χ3n) is 4.18. The van der Waals surface area contributed by atoms with E-state index in [0.29, 0.717) is 6.61 Å². The Labute approximate surface area is 142 Å². The molecule has 0 bridgehead atoms. The minimum atomic E-state index is -0.376. The van der Waals surface area contributed by atoms with Crippen molar-refractivity contribution in [2.45, 2.75) is 31.5 Å². The van der Waals surface area contributed by atoms with Crippen LogP contribution >= 0.6 is 0 Å². The number of aliphatic hydroxyl groups excluding tert-OH is 1. The Morgan fingerprint density at radius 3 is 2.38 bits per heavy atom. The molecule has 0 radical (unpaired) electrons. The Morgan fingerprint density at radius 2 is 1.75 bits per heavy atom. The molecule has 2 aromatic carbocycles. The molecule has 4 nitrogen and oxygen atoms in total. The molecule has 0 fully saturated rings. The average molecular weight is 325 g/mol. The van der Waals surface area contributed by atoms with Crippen LogP contribution in [0.5, 0.6) is 0 Å². The first-order chi connectivity index (χ1) is 11.8. The third kappa shape index (κ3) is 3.50. The second-order valence-corrected chi connectivity index (χ2v) is 5.89. The predicted molar refractivity (Wildman–Crippen MR) is 94.0 cm³/mol. The minimum absolute atomic E-state index is 0.0815. The van der Waals surface area contributed by atoms with Crippen LogP contribution in [0.25, 0.3) is 0 Å². The van der Waals surface area contributed by atoms with Gasteiger partial charge in [-0.1, -0.05) is 72.7 Å². The summed E-state index contributed by atoms with van der Waals surface area (Å²) in [6, 6.07) is 20.1. The summed E-state index contributed by atoms with van der Waals surface area (Å²) in [5.41, 5.74) is 2.95. The van der Waals surface area contributed by atoms with E-state index in [1.165, 1.54) is 0 Å². The van der Waals surface area contributed by atoms with Crippen LogP contribution in [0.4, 0.5) is 0 Å². The van der Waals surface area contributed by atoms with Gasteiger partial charge in [0.05, 0.1) is 12.5 Å². The highest BCUT2D eigenvalue weighted by Gasteiger charge is 2.39. The van der Waals surface area contributed by atoms with E-state index in [2.05, 4.69) is 12.1 Å². The van der Waals surface area contributed by atoms with Gasteiger partial charge in [0.25, 0.3) is 0 Å². The molecule has 0 aliphatic carbocycles. The van der Waals surface area contributed by atoms with Crippen molar-refractivity contribution in [1.82, 2.24) is 0 Å². The standard InChI is InChI=1S/C20H23NO3/c1-2-13-23-20(16-11-7-4-8-12-16)19-18(17(14-22)24-21-19)15-9-5-3-6-10-15/h3-12,17-18,20,22H,2,13-14H2,1H3/t17-,18-,20+/m1/s1. The van der Waals surface area contributed by atoms with Crippen molar-refractivity contribution in [2.24, 2.45) is 5.16 Å². The topological polar surface area (TPSA) is 51.0 Å². The van der Waals surface area contributed by atoms with Gasteiger partial charge in [-0.25, -0.2) is 0 Å². The summed E-state index contributed by atoms with van der Waals surface area (Å²) in [7, 11) is 0. The molecule has 0 saturated heterocycles. The van der Waals surface area contributed by atoms with E-state index in [4.69, 9.17) is 9.57 Å². The summed E-state index contributed by atoms with van der Waals surface area (Å²) in [5, 5.41) is 14.0. The first kappa shape index (κ1) is 16.7. The molecule has 1 N–H and O–H groups in total. The SMILES string of the molecule is CCCO[C@H](C1=NO[C@H](CO)[C@H]1c1ccccc1)c1ccccc1. The van der Waals surface area contributed by atoms with Gasteiger partial charge in [-0.2, -0.15) is 0 Å². The fourth-order valence-corrected chi connectivity index (χ4v) is 3.05. The van der Waals surface area contributed by atoms with E-state index in [1.807, 2.05) is 60.7 Å². The summed E-state index contributed by atoms with van der Waals surface area (Å²) < 4.78 is 6.11. The van der Waals surface area contributed by atoms with Gasteiger partial charge < -0.3 is 14.7 Å². The van der Waals surface area contributed by atoms with Crippen LogP contribution in [-0.4, -0.2) is 30.1 Å². The highest BCUT2D eigenvalue weighted by molar-refractivity contribution is 5.96. The second-order valence-electron chi connectivity index (χ2n) is 5.89. The van der Waals surface area contributed by atoms with Gasteiger partial charge in [0.15, 0.2) is 6.10 Å². The van der Waals surface area contributed by atoms with Gasteiger partial charge in [0.2, 0.25) is 0 Å². The van der Waals surface area contributed by atoms with Crippen LogP contribution in [0, 0.1) is 0 Å². The van der Waals surface area contributed by atoms with Crippen LogP contribution in [0.3, 0.4) is 0 Å². The lowest BCUT2D eigenvalue weighted by molar-refractivity contribution is 0.0307. The molecule has 1 aliphatic heterocycles. The van der Waals surface area contributed by atoms with Crippen LogP contribution in [0.1, 0.15) is 36.5 Å². The molecular formula is C20H23NO3. The van der Waals surface area contributed by atoms with Crippen molar-refractivity contribution in [1.29, 1.82) is 0 Å². The zero-order valence-electron chi connectivity index (χ0n) is 13.8. The third-order valence-corrected chi connectivity index (χ3v) is 4.18. The van der Waals surface area contributed by atoms with Crippen molar-refractivity contribution in [3.05, 3.63) is 71.8 Å². The van der Waals surface area contributed by atoms with E-state index in [-0.39, 0.29) is 24.7 Å². The lowest BCUT2D eigenvalue weighted by atomic mass is 9.85. The molecule has 0 aromatic heterocycles. The first-order valence-corrected chi connectivity index (χ1v) is 8.41. The maximum absolute atomic E-state index is 9.70. The molecule has 1 aliphatic rings. The monoisotopic (exact) mass is 325 g/mol. The lowest BCUT2D eigenvalue weighted by Crippen LogP contribution is -2.29. The van der Waals surface area contributed by atoms with Gasteiger partial charge >= 0.3 is 0 Å². The van der Waals surface area contributed by atoms with Crippen LogP contribution in [0.15, 0.2) is 65.8 Å². The molecule has 4 heteroatoms. The Kier molecular flexibility index (Phi) is 5.62. The Hall–Kier alpha value is -2.17. The number of nitrogens with zero attached hydrogens (tertiary/aromatic N) is 1. The average Bonchev–Trinajstić information content (AvgIpc) is 3.07. The van der Waals surface area contributed by atoms with Crippen molar-refractivity contribution >= 4 is 5.71 Å². The molecule has 0 unspecified atom stereocenters. The summed E-state index contributed by atoms with van der Waals surface area (Å²) in [6.07, 6.45) is 0.281. The smallest absolute Gasteiger partial charge is 0.162 e. The number of benzene rings is 2. The first-order valence-electron chi connectivity index (χ1n) is 8.41. The van der Waals surface area contributed by atoms with E-state index in [1.54, 1.807) is 0 Å². The van der Waals surface area contributed by atoms with Gasteiger partial charge in [-0.3, -0.25) is 0 Å². The minimum Gasteiger partial charge on any atom is -0.392 e. The van der Waals surface area contributed by atoms with Gasteiger partial charge in [-0.05, 0) is 17.5 Å². The fourth-order valence-electron chi connectivity index (χ4n) is 3.05. The molecule has 0 amide bonds.